The van der Waals surface area contributed by atoms with Gasteiger partial charge in [-0.05, 0) is 55.6 Å². The Morgan fingerprint density at radius 1 is 1.14 bits per heavy atom. The second-order valence-electron chi connectivity index (χ2n) is 5.82. The van der Waals surface area contributed by atoms with Crippen molar-refractivity contribution in [3.63, 3.8) is 0 Å². The highest BCUT2D eigenvalue weighted by Gasteiger charge is 2.09. The summed E-state index contributed by atoms with van der Waals surface area (Å²) in [5.41, 5.74) is 3.61. The predicted molar refractivity (Wildman–Crippen MR) is 85.8 cm³/mol. The Morgan fingerprint density at radius 2 is 1.90 bits per heavy atom. The van der Waals surface area contributed by atoms with Crippen LogP contribution in [0.2, 0.25) is 0 Å². The third-order valence-electron chi connectivity index (χ3n) is 3.66. The Kier molecular flexibility index (Phi) is 5.07. The van der Waals surface area contributed by atoms with Gasteiger partial charge in [-0.1, -0.05) is 26.0 Å². The summed E-state index contributed by atoms with van der Waals surface area (Å²) < 4.78 is 11.8. The second kappa shape index (κ2) is 6.81. The minimum atomic E-state index is 0.465. The summed E-state index contributed by atoms with van der Waals surface area (Å²) in [6.07, 6.45) is 0. The molecule has 0 spiro atoms. The quantitative estimate of drug-likeness (QED) is 0.859. The van der Waals surface area contributed by atoms with Crippen LogP contribution in [0.5, 0.6) is 5.75 Å². The molecule has 0 aliphatic carbocycles. The molecule has 3 heteroatoms. The van der Waals surface area contributed by atoms with E-state index in [1.54, 1.807) is 0 Å². The lowest BCUT2D eigenvalue weighted by Gasteiger charge is -2.12. The monoisotopic (exact) mass is 287 g/mol. The van der Waals surface area contributed by atoms with Crippen LogP contribution in [-0.2, 0) is 13.2 Å². The molecule has 0 saturated heterocycles. The molecule has 1 N–H and O–H groups in total. The van der Waals surface area contributed by atoms with Gasteiger partial charge in [0.25, 0.3) is 0 Å². The van der Waals surface area contributed by atoms with Crippen molar-refractivity contribution in [3.8, 4) is 5.75 Å². The van der Waals surface area contributed by atoms with Crippen molar-refractivity contribution >= 4 is 0 Å². The topological polar surface area (TPSA) is 34.4 Å². The van der Waals surface area contributed by atoms with Crippen molar-refractivity contribution in [3.05, 3.63) is 52.5 Å². The van der Waals surface area contributed by atoms with E-state index in [0.29, 0.717) is 12.5 Å². The van der Waals surface area contributed by atoms with E-state index < -0.39 is 0 Å². The summed E-state index contributed by atoms with van der Waals surface area (Å²) in [7, 11) is 1.92. The van der Waals surface area contributed by atoms with E-state index >= 15 is 0 Å². The van der Waals surface area contributed by atoms with Crippen molar-refractivity contribution in [1.29, 1.82) is 0 Å². The molecule has 0 amide bonds. The highest BCUT2D eigenvalue weighted by molar-refractivity contribution is 5.37. The molecule has 2 rings (SSSR count). The van der Waals surface area contributed by atoms with Crippen LogP contribution in [0, 0.1) is 13.8 Å². The van der Waals surface area contributed by atoms with Crippen LogP contribution < -0.4 is 10.1 Å². The molecule has 0 unspecified atom stereocenters. The van der Waals surface area contributed by atoms with E-state index in [1.807, 2.05) is 13.1 Å². The van der Waals surface area contributed by atoms with Gasteiger partial charge in [-0.15, -0.1) is 0 Å². The van der Waals surface area contributed by atoms with Gasteiger partial charge in [-0.3, -0.25) is 0 Å². The van der Waals surface area contributed by atoms with Crippen molar-refractivity contribution in [2.24, 2.45) is 0 Å². The van der Waals surface area contributed by atoms with Crippen LogP contribution in [0.25, 0.3) is 0 Å². The molecule has 1 aromatic heterocycles. The molecule has 1 heterocycles. The zero-order valence-corrected chi connectivity index (χ0v) is 13.6. The molecular weight excluding hydrogens is 262 g/mol. The van der Waals surface area contributed by atoms with Gasteiger partial charge < -0.3 is 14.5 Å². The molecule has 3 nitrogen and oxygen atoms in total. The third-order valence-corrected chi connectivity index (χ3v) is 3.66. The first-order chi connectivity index (χ1) is 10.0. The van der Waals surface area contributed by atoms with Crippen LogP contribution in [0.1, 0.15) is 48.0 Å². The SMILES string of the molecule is CNCc1oc(COc2cc(C(C)C)ccc2C)cc1C. The normalized spacial score (nSPS) is 11.1. The van der Waals surface area contributed by atoms with E-state index in [4.69, 9.17) is 9.15 Å². The highest BCUT2D eigenvalue weighted by Crippen LogP contribution is 2.25. The van der Waals surface area contributed by atoms with Crippen molar-refractivity contribution < 1.29 is 9.15 Å². The minimum absolute atomic E-state index is 0.465. The Labute approximate surface area is 127 Å². The second-order valence-corrected chi connectivity index (χ2v) is 5.82. The van der Waals surface area contributed by atoms with Crippen molar-refractivity contribution in [1.82, 2.24) is 5.32 Å². The summed E-state index contributed by atoms with van der Waals surface area (Å²) in [5.74, 6) is 3.28. The van der Waals surface area contributed by atoms with Crippen LogP contribution in [0.15, 0.2) is 28.7 Å². The molecule has 0 fully saturated rings. The molecule has 0 saturated carbocycles. The van der Waals surface area contributed by atoms with Gasteiger partial charge in [-0.2, -0.15) is 0 Å². The van der Waals surface area contributed by atoms with E-state index in [-0.39, 0.29) is 0 Å². The number of hydrogen-bond acceptors (Lipinski definition) is 3. The fraction of sp³-hybridized carbons (Fsp3) is 0.444. The fourth-order valence-corrected chi connectivity index (χ4v) is 2.28. The summed E-state index contributed by atoms with van der Waals surface area (Å²) in [5, 5.41) is 3.11. The zero-order chi connectivity index (χ0) is 15.4. The summed E-state index contributed by atoms with van der Waals surface area (Å²) in [4.78, 5) is 0. The number of aryl methyl sites for hydroxylation is 2. The number of rotatable bonds is 6. The Bertz CT molecular complexity index is 599. The van der Waals surface area contributed by atoms with Crippen LogP contribution in [-0.4, -0.2) is 7.05 Å². The average molecular weight is 287 g/mol. The van der Waals surface area contributed by atoms with Gasteiger partial charge in [0.1, 0.15) is 23.9 Å². The highest BCUT2D eigenvalue weighted by atomic mass is 16.5. The molecule has 0 radical (unpaired) electrons. The largest absolute Gasteiger partial charge is 0.485 e. The maximum Gasteiger partial charge on any atom is 0.146 e. The zero-order valence-electron chi connectivity index (χ0n) is 13.6. The van der Waals surface area contributed by atoms with Crippen molar-refractivity contribution in [2.45, 2.75) is 46.8 Å². The van der Waals surface area contributed by atoms with E-state index in [2.05, 4.69) is 51.2 Å². The third kappa shape index (κ3) is 3.88. The van der Waals surface area contributed by atoms with E-state index in [1.165, 1.54) is 5.56 Å². The summed E-state index contributed by atoms with van der Waals surface area (Å²) in [6, 6.07) is 8.46. The molecule has 114 valence electrons. The smallest absolute Gasteiger partial charge is 0.146 e. The Morgan fingerprint density at radius 3 is 2.57 bits per heavy atom. The maximum absolute atomic E-state index is 5.95. The molecule has 0 aliphatic heterocycles. The van der Waals surface area contributed by atoms with Crippen LogP contribution in [0.3, 0.4) is 0 Å². The fourth-order valence-electron chi connectivity index (χ4n) is 2.28. The molecule has 0 bridgehead atoms. The number of nitrogens with one attached hydrogen (secondary N) is 1. The van der Waals surface area contributed by atoms with Gasteiger partial charge in [0, 0.05) is 0 Å². The number of ether oxygens (including phenoxy) is 1. The molecular formula is C18H25NO2. The molecule has 21 heavy (non-hydrogen) atoms. The minimum Gasteiger partial charge on any atom is -0.485 e. The Hall–Kier alpha value is -1.74. The first kappa shape index (κ1) is 15.6. The van der Waals surface area contributed by atoms with Gasteiger partial charge in [0.2, 0.25) is 0 Å². The maximum atomic E-state index is 5.95. The average Bonchev–Trinajstić information content (AvgIpc) is 2.78. The van der Waals surface area contributed by atoms with Crippen molar-refractivity contribution in [2.75, 3.05) is 7.05 Å². The van der Waals surface area contributed by atoms with Crippen LogP contribution >= 0.6 is 0 Å². The standard InChI is InChI=1S/C18H25NO2/c1-12(2)15-7-6-13(3)17(9-15)20-11-16-8-14(4)18(21-16)10-19-5/h6-9,12,19H,10-11H2,1-5H3. The number of benzene rings is 1. The molecule has 0 aliphatic rings. The van der Waals surface area contributed by atoms with E-state index in [9.17, 15) is 0 Å². The van der Waals surface area contributed by atoms with Gasteiger partial charge in [0.05, 0.1) is 6.54 Å². The Balaban J connectivity index is 2.09. The van der Waals surface area contributed by atoms with E-state index in [0.717, 1.165) is 34.9 Å². The first-order valence-corrected chi connectivity index (χ1v) is 7.47. The summed E-state index contributed by atoms with van der Waals surface area (Å²) in [6.45, 7) is 9.72. The lowest BCUT2D eigenvalue weighted by molar-refractivity contribution is 0.263. The molecule has 1 aromatic carbocycles. The van der Waals surface area contributed by atoms with Gasteiger partial charge in [-0.25, -0.2) is 0 Å². The molecule has 2 aromatic rings. The lowest BCUT2D eigenvalue weighted by atomic mass is 10.0. The van der Waals surface area contributed by atoms with Crippen LogP contribution in [0.4, 0.5) is 0 Å². The molecule has 0 atom stereocenters. The number of furan rings is 1. The first-order valence-electron chi connectivity index (χ1n) is 7.47. The predicted octanol–water partition coefficient (Wildman–Crippen LogP) is 4.32. The van der Waals surface area contributed by atoms with Gasteiger partial charge >= 0.3 is 0 Å². The van der Waals surface area contributed by atoms with Gasteiger partial charge in [0.15, 0.2) is 0 Å². The number of hydrogen-bond donors (Lipinski definition) is 1. The lowest BCUT2D eigenvalue weighted by Crippen LogP contribution is -2.04. The summed E-state index contributed by atoms with van der Waals surface area (Å²) >= 11 is 0.